The number of sulfonamides is 1. The van der Waals surface area contributed by atoms with Crippen molar-refractivity contribution < 1.29 is 13.2 Å². The van der Waals surface area contributed by atoms with E-state index in [9.17, 15) is 8.42 Å². The molecular formula is C14H24N2O3S. The summed E-state index contributed by atoms with van der Waals surface area (Å²) >= 11 is 0. The number of hydrogen-bond donors (Lipinski definition) is 1. The van der Waals surface area contributed by atoms with Gasteiger partial charge in [0.05, 0.1) is 11.9 Å². The Labute approximate surface area is 122 Å². The van der Waals surface area contributed by atoms with Crippen LogP contribution in [0.15, 0.2) is 24.3 Å². The molecule has 0 spiro atoms. The zero-order valence-electron chi connectivity index (χ0n) is 12.6. The van der Waals surface area contributed by atoms with E-state index in [2.05, 4.69) is 5.32 Å². The van der Waals surface area contributed by atoms with Crippen LogP contribution < -0.4 is 10.1 Å². The van der Waals surface area contributed by atoms with Crippen molar-refractivity contribution in [1.82, 2.24) is 9.62 Å². The molecule has 0 saturated carbocycles. The molecule has 0 aliphatic heterocycles. The number of nitrogens with zero attached hydrogens (tertiary/aromatic N) is 1. The van der Waals surface area contributed by atoms with E-state index in [0.717, 1.165) is 11.3 Å². The number of para-hydroxylation sites is 1. The molecule has 1 N–H and O–H groups in total. The Hall–Kier alpha value is -1.11. The lowest BCUT2D eigenvalue weighted by molar-refractivity contribution is 0.239. The number of nitrogens with one attached hydrogen (secondary N) is 1. The number of ether oxygens (including phenoxy) is 1. The van der Waals surface area contributed by atoms with Crippen LogP contribution in [0.5, 0.6) is 5.75 Å². The molecule has 0 bridgehead atoms. The standard InChI is InChI=1S/C14H24N2O3S/c1-12(2)19-14-8-6-5-7-13(14)11-15-9-10-20(17,18)16(3)4/h5-8,12,15H,9-11H2,1-4H3. The van der Waals surface area contributed by atoms with E-state index in [-0.39, 0.29) is 11.9 Å². The van der Waals surface area contributed by atoms with E-state index < -0.39 is 10.0 Å². The Morgan fingerprint density at radius 2 is 1.90 bits per heavy atom. The van der Waals surface area contributed by atoms with Gasteiger partial charge in [0.25, 0.3) is 0 Å². The summed E-state index contributed by atoms with van der Waals surface area (Å²) in [6, 6.07) is 7.78. The SMILES string of the molecule is CC(C)Oc1ccccc1CNCCS(=O)(=O)N(C)C. The van der Waals surface area contributed by atoms with Gasteiger partial charge in [-0.3, -0.25) is 0 Å². The van der Waals surface area contributed by atoms with E-state index in [1.807, 2.05) is 38.1 Å². The van der Waals surface area contributed by atoms with Crippen LogP contribution in [0.25, 0.3) is 0 Å². The second-order valence-corrected chi connectivity index (χ2v) is 7.35. The van der Waals surface area contributed by atoms with Crippen molar-refractivity contribution in [3.63, 3.8) is 0 Å². The molecule has 0 amide bonds. The minimum absolute atomic E-state index is 0.0905. The molecular weight excluding hydrogens is 276 g/mol. The molecule has 20 heavy (non-hydrogen) atoms. The summed E-state index contributed by atoms with van der Waals surface area (Å²) in [5.74, 6) is 0.929. The van der Waals surface area contributed by atoms with Crippen LogP contribution in [0.4, 0.5) is 0 Å². The first-order valence-electron chi connectivity index (χ1n) is 6.68. The summed E-state index contributed by atoms with van der Waals surface area (Å²) in [6.45, 7) is 4.96. The second-order valence-electron chi connectivity index (χ2n) is 5.05. The van der Waals surface area contributed by atoms with Crippen LogP contribution in [0.1, 0.15) is 19.4 Å². The zero-order valence-corrected chi connectivity index (χ0v) is 13.4. The fourth-order valence-electron chi connectivity index (χ4n) is 1.63. The van der Waals surface area contributed by atoms with Gasteiger partial charge in [-0.2, -0.15) is 0 Å². The van der Waals surface area contributed by atoms with Gasteiger partial charge < -0.3 is 10.1 Å². The van der Waals surface area contributed by atoms with Gasteiger partial charge in [0, 0.05) is 32.7 Å². The smallest absolute Gasteiger partial charge is 0.214 e. The minimum atomic E-state index is -3.14. The van der Waals surface area contributed by atoms with Gasteiger partial charge in [-0.05, 0) is 19.9 Å². The molecule has 1 aromatic carbocycles. The maximum atomic E-state index is 11.6. The van der Waals surface area contributed by atoms with Crippen LogP contribution in [0, 0.1) is 0 Å². The highest BCUT2D eigenvalue weighted by atomic mass is 32.2. The van der Waals surface area contributed by atoms with Gasteiger partial charge in [-0.15, -0.1) is 0 Å². The molecule has 5 nitrogen and oxygen atoms in total. The van der Waals surface area contributed by atoms with Gasteiger partial charge in [0.15, 0.2) is 0 Å². The van der Waals surface area contributed by atoms with Crippen LogP contribution in [-0.2, 0) is 16.6 Å². The Morgan fingerprint density at radius 3 is 2.50 bits per heavy atom. The van der Waals surface area contributed by atoms with Crippen molar-refractivity contribution >= 4 is 10.0 Å². The van der Waals surface area contributed by atoms with E-state index in [0.29, 0.717) is 13.1 Å². The van der Waals surface area contributed by atoms with Gasteiger partial charge >= 0.3 is 0 Å². The zero-order chi connectivity index (χ0) is 15.2. The third-order valence-corrected chi connectivity index (χ3v) is 4.58. The monoisotopic (exact) mass is 300 g/mol. The summed E-state index contributed by atoms with van der Waals surface area (Å²) in [5, 5.41) is 3.14. The van der Waals surface area contributed by atoms with Crippen molar-refractivity contribution in [3.8, 4) is 5.75 Å². The van der Waals surface area contributed by atoms with Crippen LogP contribution in [-0.4, -0.2) is 45.2 Å². The lowest BCUT2D eigenvalue weighted by Crippen LogP contribution is -2.31. The third-order valence-electron chi connectivity index (χ3n) is 2.74. The largest absolute Gasteiger partial charge is 0.491 e. The van der Waals surface area contributed by atoms with Gasteiger partial charge in [-0.1, -0.05) is 18.2 Å². The van der Waals surface area contributed by atoms with Crippen LogP contribution >= 0.6 is 0 Å². The maximum Gasteiger partial charge on any atom is 0.214 e. The molecule has 1 aromatic rings. The topological polar surface area (TPSA) is 58.6 Å². The van der Waals surface area contributed by atoms with Crippen molar-refractivity contribution in [2.24, 2.45) is 0 Å². The lowest BCUT2D eigenvalue weighted by Gasteiger charge is -2.15. The first-order valence-corrected chi connectivity index (χ1v) is 8.29. The van der Waals surface area contributed by atoms with Crippen molar-refractivity contribution in [2.75, 3.05) is 26.4 Å². The molecule has 0 saturated heterocycles. The summed E-state index contributed by atoms with van der Waals surface area (Å²) in [5.41, 5.74) is 1.03. The molecule has 0 atom stereocenters. The molecule has 0 unspecified atom stereocenters. The van der Waals surface area contributed by atoms with E-state index >= 15 is 0 Å². The normalized spacial score (nSPS) is 12.1. The molecule has 0 aliphatic carbocycles. The number of rotatable bonds is 8. The Morgan fingerprint density at radius 1 is 1.25 bits per heavy atom. The maximum absolute atomic E-state index is 11.6. The van der Waals surface area contributed by atoms with Gasteiger partial charge in [-0.25, -0.2) is 12.7 Å². The van der Waals surface area contributed by atoms with Crippen molar-refractivity contribution in [3.05, 3.63) is 29.8 Å². The predicted molar refractivity (Wildman–Crippen MR) is 81.4 cm³/mol. The van der Waals surface area contributed by atoms with Gasteiger partial charge in [0.2, 0.25) is 10.0 Å². The number of hydrogen-bond acceptors (Lipinski definition) is 4. The van der Waals surface area contributed by atoms with E-state index in [4.69, 9.17) is 4.74 Å². The molecule has 0 radical (unpaired) electrons. The lowest BCUT2D eigenvalue weighted by atomic mass is 10.2. The van der Waals surface area contributed by atoms with Gasteiger partial charge in [0.1, 0.15) is 5.75 Å². The molecule has 0 fully saturated rings. The molecule has 6 heteroatoms. The minimum Gasteiger partial charge on any atom is -0.491 e. The highest BCUT2D eigenvalue weighted by Gasteiger charge is 2.12. The summed E-state index contributed by atoms with van der Waals surface area (Å²) in [6.07, 6.45) is 0.116. The fraction of sp³-hybridized carbons (Fsp3) is 0.571. The predicted octanol–water partition coefficient (Wildman–Crippen LogP) is 1.45. The fourth-order valence-corrected chi connectivity index (χ4v) is 2.39. The molecule has 0 aliphatic rings. The van der Waals surface area contributed by atoms with Crippen molar-refractivity contribution in [2.45, 2.75) is 26.5 Å². The Kier molecular flexibility index (Phi) is 6.45. The second kappa shape index (κ2) is 7.61. The first-order chi connectivity index (χ1) is 9.33. The molecule has 0 aromatic heterocycles. The van der Waals surface area contributed by atoms with Crippen molar-refractivity contribution in [1.29, 1.82) is 0 Å². The molecule has 1 rings (SSSR count). The average Bonchev–Trinajstić information content (AvgIpc) is 2.35. The summed E-state index contributed by atoms with van der Waals surface area (Å²) in [4.78, 5) is 0. The number of benzene rings is 1. The summed E-state index contributed by atoms with van der Waals surface area (Å²) < 4.78 is 30.2. The summed E-state index contributed by atoms with van der Waals surface area (Å²) in [7, 11) is -0.0566. The highest BCUT2D eigenvalue weighted by Crippen LogP contribution is 2.18. The first kappa shape index (κ1) is 16.9. The Bertz CT molecular complexity index is 513. The van der Waals surface area contributed by atoms with E-state index in [1.54, 1.807) is 14.1 Å². The van der Waals surface area contributed by atoms with E-state index in [1.165, 1.54) is 4.31 Å². The quantitative estimate of drug-likeness (QED) is 0.738. The van der Waals surface area contributed by atoms with Crippen LogP contribution in [0.3, 0.4) is 0 Å². The molecule has 114 valence electrons. The third kappa shape index (κ3) is 5.48. The van der Waals surface area contributed by atoms with Crippen LogP contribution in [0.2, 0.25) is 0 Å². The molecule has 0 heterocycles. The average molecular weight is 300 g/mol. The highest BCUT2D eigenvalue weighted by molar-refractivity contribution is 7.89. The Balaban J connectivity index is 2.50.